The van der Waals surface area contributed by atoms with Gasteiger partial charge in [0.2, 0.25) is 11.8 Å². The summed E-state index contributed by atoms with van der Waals surface area (Å²) in [4.78, 5) is 20.1. The average Bonchev–Trinajstić information content (AvgIpc) is 3.68. The van der Waals surface area contributed by atoms with Gasteiger partial charge in [-0.3, -0.25) is 4.57 Å². The van der Waals surface area contributed by atoms with Crippen molar-refractivity contribution in [1.82, 2.24) is 24.5 Å². The Bertz CT molecular complexity index is 2460. The highest BCUT2D eigenvalue weighted by Gasteiger charge is 2.20. The van der Waals surface area contributed by atoms with E-state index < -0.39 is 0 Å². The highest BCUT2D eigenvalue weighted by Crippen LogP contribution is 2.35. The molecule has 3 heterocycles. The van der Waals surface area contributed by atoms with Crippen molar-refractivity contribution in [3.05, 3.63) is 140 Å². The first-order chi connectivity index (χ1) is 21.8. The summed E-state index contributed by atoms with van der Waals surface area (Å²) in [5.41, 5.74) is 6.00. The van der Waals surface area contributed by atoms with Gasteiger partial charge < -0.3 is 4.42 Å². The second kappa shape index (κ2) is 9.71. The summed E-state index contributed by atoms with van der Waals surface area (Å²) in [5.74, 6) is 2.19. The number of fused-ring (bicyclic) bond motifs is 5. The summed E-state index contributed by atoms with van der Waals surface area (Å²) in [6, 6.07) is 47.1. The zero-order chi connectivity index (χ0) is 29.0. The smallest absolute Gasteiger partial charge is 0.238 e. The van der Waals surface area contributed by atoms with E-state index in [9.17, 15) is 0 Å². The number of rotatable bonds is 4. The van der Waals surface area contributed by atoms with Crippen molar-refractivity contribution in [3.8, 4) is 40.2 Å². The lowest BCUT2D eigenvalue weighted by atomic mass is 10.1. The molecule has 0 unspecified atom stereocenters. The van der Waals surface area contributed by atoms with Crippen LogP contribution in [0.2, 0.25) is 0 Å². The van der Waals surface area contributed by atoms with E-state index in [4.69, 9.17) is 24.4 Å². The van der Waals surface area contributed by atoms with Crippen LogP contribution in [-0.4, -0.2) is 24.5 Å². The van der Waals surface area contributed by atoms with Crippen LogP contribution in [0.3, 0.4) is 0 Å². The molecule has 0 N–H and O–H groups in total. The largest absolute Gasteiger partial charge is 0.435 e. The Balaban J connectivity index is 1.33. The van der Waals surface area contributed by atoms with Crippen molar-refractivity contribution in [2.24, 2.45) is 0 Å². The molecule has 0 saturated carbocycles. The first kappa shape index (κ1) is 24.5. The Morgan fingerprint density at radius 1 is 0.477 bits per heavy atom. The zero-order valence-electron chi connectivity index (χ0n) is 23.4. The van der Waals surface area contributed by atoms with Gasteiger partial charge in [-0.2, -0.15) is 9.97 Å². The van der Waals surface area contributed by atoms with Crippen LogP contribution in [0.1, 0.15) is 0 Å². The second-order valence-electron chi connectivity index (χ2n) is 10.8. The highest BCUT2D eigenvalue weighted by molar-refractivity contribution is 6.09. The summed E-state index contributed by atoms with van der Waals surface area (Å²) < 4.78 is 8.52. The van der Waals surface area contributed by atoms with Gasteiger partial charge in [0.25, 0.3) is 0 Å². The molecule has 0 bridgehead atoms. The third-order valence-electron chi connectivity index (χ3n) is 8.09. The quantitative estimate of drug-likeness (QED) is 0.213. The number of nitrogens with zero attached hydrogens (tertiary/aromatic N) is 5. The number of benzene rings is 6. The normalized spacial score (nSPS) is 11.6. The second-order valence-corrected chi connectivity index (χ2v) is 10.8. The number of para-hydroxylation sites is 3. The van der Waals surface area contributed by atoms with Crippen LogP contribution in [0.5, 0.6) is 0 Å². The fraction of sp³-hybridized carbons (Fsp3) is 0. The van der Waals surface area contributed by atoms with Gasteiger partial charge in [-0.1, -0.05) is 97.1 Å². The summed E-state index contributed by atoms with van der Waals surface area (Å²) in [7, 11) is 0. The first-order valence-electron chi connectivity index (χ1n) is 14.5. The molecule has 3 aromatic heterocycles. The van der Waals surface area contributed by atoms with Crippen LogP contribution in [0.25, 0.3) is 83.9 Å². The van der Waals surface area contributed by atoms with Crippen LogP contribution < -0.4 is 0 Å². The Hall–Kier alpha value is -6.14. The molecule has 0 aliphatic rings. The number of hydrogen-bond donors (Lipinski definition) is 0. The summed E-state index contributed by atoms with van der Waals surface area (Å²) >= 11 is 0. The molecule has 0 aliphatic carbocycles. The first-order valence-corrected chi connectivity index (χ1v) is 14.5. The van der Waals surface area contributed by atoms with Gasteiger partial charge in [-0.25, -0.2) is 9.97 Å². The Labute approximate surface area is 251 Å². The molecule has 0 fully saturated rings. The van der Waals surface area contributed by atoms with Gasteiger partial charge in [0, 0.05) is 21.9 Å². The fourth-order valence-electron chi connectivity index (χ4n) is 6.01. The highest BCUT2D eigenvalue weighted by atomic mass is 16.3. The number of oxazole rings is 1. The molecule has 44 heavy (non-hydrogen) atoms. The molecule has 0 saturated heterocycles. The molecule has 9 aromatic rings. The minimum atomic E-state index is 0.515. The molecule has 0 radical (unpaired) electrons. The van der Waals surface area contributed by atoms with Crippen molar-refractivity contribution in [1.29, 1.82) is 0 Å². The minimum Gasteiger partial charge on any atom is -0.435 e. The molecular weight excluding hydrogens is 542 g/mol. The van der Waals surface area contributed by atoms with E-state index in [-0.39, 0.29) is 0 Å². The van der Waals surface area contributed by atoms with Crippen LogP contribution in [0, 0.1) is 0 Å². The standard InChI is InChI=1S/C38H23N5O/c1-2-12-25(13-3-1)37-39-31-18-10-17-30(34(31)44-37)36-40-35(27-22-21-24-11-4-5-14-26(24)23-27)41-38(42-36)43-32-19-8-6-15-28(32)29-16-7-9-20-33(29)43/h1-23H. The van der Waals surface area contributed by atoms with Crippen LogP contribution in [0.15, 0.2) is 144 Å². The van der Waals surface area contributed by atoms with Gasteiger partial charge in [-0.15, -0.1) is 0 Å². The SMILES string of the molecule is c1ccc(-c2nc3cccc(-c4nc(-c5ccc6ccccc6c5)nc(-n5c6ccccc6c6ccccc65)n4)c3o2)cc1. The topological polar surface area (TPSA) is 69.6 Å². The van der Waals surface area contributed by atoms with Crippen molar-refractivity contribution in [3.63, 3.8) is 0 Å². The monoisotopic (exact) mass is 565 g/mol. The third-order valence-corrected chi connectivity index (χ3v) is 8.09. The summed E-state index contributed by atoms with van der Waals surface area (Å²) in [6.45, 7) is 0. The Morgan fingerprint density at radius 3 is 1.95 bits per heavy atom. The lowest BCUT2D eigenvalue weighted by molar-refractivity contribution is 0.620. The van der Waals surface area contributed by atoms with Gasteiger partial charge >= 0.3 is 0 Å². The van der Waals surface area contributed by atoms with Crippen LogP contribution >= 0.6 is 0 Å². The Kier molecular flexibility index (Phi) is 5.40. The Morgan fingerprint density at radius 2 is 1.16 bits per heavy atom. The molecule has 9 rings (SSSR count). The predicted octanol–water partition coefficient (Wildman–Crippen LogP) is 9.26. The third kappa shape index (κ3) is 3.89. The molecule has 206 valence electrons. The lowest BCUT2D eigenvalue weighted by Crippen LogP contribution is -2.06. The molecule has 0 amide bonds. The molecule has 6 heteroatoms. The molecular formula is C38H23N5O. The van der Waals surface area contributed by atoms with Gasteiger partial charge in [0.15, 0.2) is 17.2 Å². The van der Waals surface area contributed by atoms with E-state index in [1.807, 2.05) is 72.8 Å². The number of hydrogen-bond acceptors (Lipinski definition) is 5. The van der Waals surface area contributed by atoms with E-state index in [1.54, 1.807) is 0 Å². The molecule has 0 aliphatic heterocycles. The predicted molar refractivity (Wildman–Crippen MR) is 176 cm³/mol. The van der Waals surface area contributed by atoms with E-state index in [0.29, 0.717) is 29.1 Å². The van der Waals surface area contributed by atoms with Gasteiger partial charge in [0.1, 0.15) is 5.52 Å². The summed E-state index contributed by atoms with van der Waals surface area (Å²) in [6.07, 6.45) is 0. The van der Waals surface area contributed by atoms with E-state index >= 15 is 0 Å². The minimum absolute atomic E-state index is 0.515. The van der Waals surface area contributed by atoms with Crippen molar-refractivity contribution in [2.75, 3.05) is 0 Å². The molecule has 0 spiro atoms. The van der Waals surface area contributed by atoms with Crippen molar-refractivity contribution in [2.45, 2.75) is 0 Å². The number of aromatic nitrogens is 5. The zero-order valence-corrected chi connectivity index (χ0v) is 23.4. The van der Waals surface area contributed by atoms with Gasteiger partial charge in [0.05, 0.1) is 16.6 Å². The van der Waals surface area contributed by atoms with Crippen LogP contribution in [-0.2, 0) is 0 Å². The van der Waals surface area contributed by atoms with Crippen LogP contribution in [0.4, 0.5) is 0 Å². The maximum absolute atomic E-state index is 6.40. The molecule has 0 atom stereocenters. The molecule has 6 aromatic carbocycles. The molecule has 6 nitrogen and oxygen atoms in total. The maximum Gasteiger partial charge on any atom is 0.238 e. The van der Waals surface area contributed by atoms with E-state index in [2.05, 4.69) is 71.3 Å². The van der Waals surface area contributed by atoms with E-state index in [0.717, 1.165) is 54.8 Å². The van der Waals surface area contributed by atoms with Crippen molar-refractivity contribution < 1.29 is 4.42 Å². The van der Waals surface area contributed by atoms with Gasteiger partial charge in [-0.05, 0) is 53.2 Å². The maximum atomic E-state index is 6.40. The summed E-state index contributed by atoms with van der Waals surface area (Å²) in [5, 5.41) is 4.56. The lowest BCUT2D eigenvalue weighted by Gasteiger charge is -2.11. The van der Waals surface area contributed by atoms with E-state index in [1.165, 1.54) is 0 Å². The van der Waals surface area contributed by atoms with Crippen molar-refractivity contribution >= 4 is 43.7 Å². The fourth-order valence-corrected chi connectivity index (χ4v) is 6.01. The average molecular weight is 566 g/mol.